The number of hydrogen-bond acceptors (Lipinski definition) is 2. The fourth-order valence-electron chi connectivity index (χ4n) is 2.07. The molecule has 0 N–H and O–H groups in total. The quantitative estimate of drug-likeness (QED) is 0.660. The number of alkyl halides is 1. The Labute approximate surface area is 135 Å². The second-order valence-corrected chi connectivity index (χ2v) is 5.86. The van der Waals surface area contributed by atoms with Gasteiger partial charge in [0.15, 0.2) is 11.5 Å². The molecular formula is C18H21BrO2. The van der Waals surface area contributed by atoms with E-state index in [-0.39, 0.29) is 0 Å². The molecule has 0 heterocycles. The summed E-state index contributed by atoms with van der Waals surface area (Å²) in [6.45, 7) is 4.94. The van der Waals surface area contributed by atoms with Gasteiger partial charge in [0.25, 0.3) is 0 Å². The molecule has 2 aromatic carbocycles. The van der Waals surface area contributed by atoms with Crippen LogP contribution in [0.3, 0.4) is 0 Å². The van der Waals surface area contributed by atoms with Gasteiger partial charge in [0, 0.05) is 5.33 Å². The van der Waals surface area contributed by atoms with Crippen LogP contribution in [0, 0.1) is 0 Å². The molecule has 3 heteroatoms. The van der Waals surface area contributed by atoms with E-state index in [0.717, 1.165) is 22.4 Å². The van der Waals surface area contributed by atoms with Gasteiger partial charge in [0.1, 0.15) is 6.61 Å². The Morgan fingerprint density at radius 1 is 0.952 bits per heavy atom. The highest BCUT2D eigenvalue weighted by molar-refractivity contribution is 9.08. The topological polar surface area (TPSA) is 18.5 Å². The van der Waals surface area contributed by atoms with Gasteiger partial charge < -0.3 is 9.47 Å². The average molecular weight is 349 g/mol. The smallest absolute Gasteiger partial charge is 0.161 e. The van der Waals surface area contributed by atoms with E-state index in [4.69, 9.17) is 9.47 Å². The van der Waals surface area contributed by atoms with E-state index in [9.17, 15) is 0 Å². The Bertz CT molecular complexity index is 576. The Morgan fingerprint density at radius 2 is 1.62 bits per heavy atom. The number of rotatable bonds is 6. The number of benzene rings is 2. The molecular weight excluding hydrogens is 328 g/mol. The van der Waals surface area contributed by atoms with Gasteiger partial charge in [-0.3, -0.25) is 0 Å². The van der Waals surface area contributed by atoms with Crippen LogP contribution in [-0.2, 0) is 11.9 Å². The first-order valence-electron chi connectivity index (χ1n) is 7.08. The fourth-order valence-corrected chi connectivity index (χ4v) is 2.42. The van der Waals surface area contributed by atoms with Crippen molar-refractivity contribution in [2.45, 2.75) is 31.7 Å². The monoisotopic (exact) mass is 348 g/mol. The minimum absolute atomic E-state index is 0.544. The van der Waals surface area contributed by atoms with Gasteiger partial charge >= 0.3 is 0 Å². The van der Waals surface area contributed by atoms with Crippen LogP contribution in [0.5, 0.6) is 11.5 Å². The third kappa shape index (κ3) is 4.24. The summed E-state index contributed by atoms with van der Waals surface area (Å²) in [4.78, 5) is 0. The molecule has 0 saturated carbocycles. The third-order valence-electron chi connectivity index (χ3n) is 3.42. The maximum Gasteiger partial charge on any atom is 0.161 e. The summed E-state index contributed by atoms with van der Waals surface area (Å²) < 4.78 is 11.3. The van der Waals surface area contributed by atoms with Crippen LogP contribution in [-0.4, -0.2) is 7.11 Å². The van der Waals surface area contributed by atoms with Crippen molar-refractivity contribution >= 4 is 15.9 Å². The van der Waals surface area contributed by atoms with Gasteiger partial charge in [-0.15, -0.1) is 0 Å². The van der Waals surface area contributed by atoms with Crippen molar-refractivity contribution < 1.29 is 9.47 Å². The van der Waals surface area contributed by atoms with Gasteiger partial charge in [-0.25, -0.2) is 0 Å². The fraction of sp³-hybridized carbons (Fsp3) is 0.333. The molecule has 0 aliphatic carbocycles. The van der Waals surface area contributed by atoms with Crippen molar-refractivity contribution in [3.05, 3.63) is 59.2 Å². The van der Waals surface area contributed by atoms with Crippen LogP contribution in [0.15, 0.2) is 42.5 Å². The van der Waals surface area contributed by atoms with Gasteiger partial charge in [0.2, 0.25) is 0 Å². The van der Waals surface area contributed by atoms with E-state index in [1.807, 2.05) is 18.2 Å². The molecule has 2 rings (SSSR count). The Morgan fingerprint density at radius 3 is 2.19 bits per heavy atom. The molecule has 0 aliphatic heterocycles. The van der Waals surface area contributed by atoms with Gasteiger partial charge in [-0.2, -0.15) is 0 Å². The van der Waals surface area contributed by atoms with E-state index in [2.05, 4.69) is 54.0 Å². The zero-order chi connectivity index (χ0) is 15.2. The zero-order valence-corrected chi connectivity index (χ0v) is 14.3. The lowest BCUT2D eigenvalue weighted by Gasteiger charge is -2.12. The molecule has 0 unspecified atom stereocenters. The molecule has 21 heavy (non-hydrogen) atoms. The molecule has 112 valence electrons. The first-order chi connectivity index (χ1) is 10.1. The van der Waals surface area contributed by atoms with E-state index in [1.165, 1.54) is 11.1 Å². The molecule has 0 fully saturated rings. The van der Waals surface area contributed by atoms with Crippen LogP contribution < -0.4 is 9.47 Å². The summed E-state index contributed by atoms with van der Waals surface area (Å²) in [6, 6.07) is 14.5. The first kappa shape index (κ1) is 15.9. The SMILES string of the molecule is COc1cc(CBr)ccc1OCc1ccc(C(C)C)cc1. The summed E-state index contributed by atoms with van der Waals surface area (Å²) >= 11 is 3.44. The summed E-state index contributed by atoms with van der Waals surface area (Å²) in [6.07, 6.45) is 0. The minimum Gasteiger partial charge on any atom is -0.493 e. The average Bonchev–Trinajstić information content (AvgIpc) is 2.53. The predicted octanol–water partition coefficient (Wildman–Crippen LogP) is 5.29. The summed E-state index contributed by atoms with van der Waals surface area (Å²) in [5, 5.41) is 0.806. The van der Waals surface area contributed by atoms with Crippen LogP contribution in [0.25, 0.3) is 0 Å². The Balaban J connectivity index is 2.05. The number of ether oxygens (including phenoxy) is 2. The van der Waals surface area contributed by atoms with Crippen molar-refractivity contribution in [1.82, 2.24) is 0 Å². The summed E-state index contributed by atoms with van der Waals surface area (Å²) in [5.74, 6) is 2.10. The first-order valence-corrected chi connectivity index (χ1v) is 8.20. The predicted molar refractivity (Wildman–Crippen MR) is 90.5 cm³/mol. The maximum atomic E-state index is 5.87. The number of halogens is 1. The molecule has 0 aromatic heterocycles. The summed E-state index contributed by atoms with van der Waals surface area (Å²) in [5.41, 5.74) is 3.67. The molecule has 0 saturated heterocycles. The molecule has 0 atom stereocenters. The van der Waals surface area contributed by atoms with Crippen LogP contribution in [0.1, 0.15) is 36.5 Å². The molecule has 2 aromatic rings. The van der Waals surface area contributed by atoms with Crippen molar-refractivity contribution in [3.63, 3.8) is 0 Å². The van der Waals surface area contributed by atoms with Crippen molar-refractivity contribution in [2.24, 2.45) is 0 Å². The molecule has 0 bridgehead atoms. The second-order valence-electron chi connectivity index (χ2n) is 5.30. The lowest BCUT2D eigenvalue weighted by molar-refractivity contribution is 0.284. The minimum atomic E-state index is 0.544. The van der Waals surface area contributed by atoms with Gasteiger partial charge in [0.05, 0.1) is 7.11 Å². The molecule has 2 nitrogen and oxygen atoms in total. The Kier molecular flexibility index (Phi) is 5.68. The normalized spacial score (nSPS) is 10.7. The van der Waals surface area contributed by atoms with Gasteiger partial charge in [-0.05, 0) is 34.7 Å². The Hall–Kier alpha value is -1.48. The molecule has 0 amide bonds. The van der Waals surface area contributed by atoms with Crippen LogP contribution in [0.4, 0.5) is 0 Å². The highest BCUT2D eigenvalue weighted by atomic mass is 79.9. The molecule has 0 aliphatic rings. The van der Waals surface area contributed by atoms with Crippen LogP contribution >= 0.6 is 15.9 Å². The largest absolute Gasteiger partial charge is 0.493 e. The second kappa shape index (κ2) is 7.51. The molecule has 0 spiro atoms. The lowest BCUT2D eigenvalue weighted by Crippen LogP contribution is -1.98. The summed E-state index contributed by atoms with van der Waals surface area (Å²) in [7, 11) is 1.66. The standard InChI is InChI=1S/C18H21BrO2/c1-13(2)16-7-4-14(5-8-16)12-21-17-9-6-15(11-19)10-18(17)20-3/h4-10,13H,11-12H2,1-3H3. The van der Waals surface area contributed by atoms with E-state index < -0.39 is 0 Å². The van der Waals surface area contributed by atoms with E-state index >= 15 is 0 Å². The van der Waals surface area contributed by atoms with E-state index in [0.29, 0.717) is 12.5 Å². The zero-order valence-electron chi connectivity index (χ0n) is 12.7. The van der Waals surface area contributed by atoms with Crippen LogP contribution in [0.2, 0.25) is 0 Å². The van der Waals surface area contributed by atoms with Crippen molar-refractivity contribution in [3.8, 4) is 11.5 Å². The van der Waals surface area contributed by atoms with Crippen molar-refractivity contribution in [2.75, 3.05) is 7.11 Å². The number of methoxy groups -OCH3 is 1. The van der Waals surface area contributed by atoms with Gasteiger partial charge in [-0.1, -0.05) is 60.1 Å². The van der Waals surface area contributed by atoms with E-state index in [1.54, 1.807) is 7.11 Å². The van der Waals surface area contributed by atoms with Crippen molar-refractivity contribution in [1.29, 1.82) is 0 Å². The number of hydrogen-bond donors (Lipinski definition) is 0. The highest BCUT2D eigenvalue weighted by Crippen LogP contribution is 2.29. The third-order valence-corrected chi connectivity index (χ3v) is 4.07. The molecule has 0 radical (unpaired) electrons. The maximum absolute atomic E-state index is 5.87. The lowest BCUT2D eigenvalue weighted by atomic mass is 10.0. The highest BCUT2D eigenvalue weighted by Gasteiger charge is 2.06.